The molecule has 1 spiro atoms. The number of hydrogen-bond donors (Lipinski definition) is 1. The van der Waals surface area contributed by atoms with Crippen LogP contribution in [0.4, 0.5) is 0 Å². The minimum atomic E-state index is -0.0174. The maximum atomic E-state index is 3.67. The van der Waals surface area contributed by atoms with Crippen LogP contribution >= 0.6 is 0 Å². The monoisotopic (exact) mass is 332 g/mol. The van der Waals surface area contributed by atoms with Crippen molar-refractivity contribution in [3.63, 3.8) is 0 Å². The summed E-state index contributed by atoms with van der Waals surface area (Å²) in [7, 11) is 0. The molecule has 0 radical (unpaired) electrons. The molecule has 2 heteroatoms. The van der Waals surface area contributed by atoms with Crippen LogP contribution in [-0.4, -0.2) is 33.3 Å². The van der Waals surface area contributed by atoms with Crippen LogP contribution in [0.2, 0.25) is 3.58 Å². The molecule has 0 saturated carbocycles. The first-order chi connectivity index (χ1) is 4.76. The fourth-order valence-corrected chi connectivity index (χ4v) is 6.40. The van der Waals surface area contributed by atoms with Crippen LogP contribution in [0.1, 0.15) is 20.3 Å². The van der Waals surface area contributed by atoms with Crippen molar-refractivity contribution in [3.05, 3.63) is 11.6 Å². The van der Waals surface area contributed by atoms with Gasteiger partial charge in [-0.3, -0.25) is 0 Å². The summed E-state index contributed by atoms with van der Waals surface area (Å²) in [5, 5.41) is 3.67. The molecule has 56 valence electrons. The fraction of sp³-hybridized carbons (Fsp3) is 0.750. The Morgan fingerprint density at radius 1 is 1.80 bits per heavy atom. The summed E-state index contributed by atoms with van der Waals surface area (Å²) < 4.78 is 1.67. The summed E-state index contributed by atoms with van der Waals surface area (Å²) in [4.78, 5) is 0. The average molecular weight is 332 g/mol. The summed E-state index contributed by atoms with van der Waals surface area (Å²) in [5.74, 6) is 0. The third-order valence-corrected chi connectivity index (χ3v) is 8.84. The SMILES string of the molecule is CC1=CCCN[C]12[Po][CH]2C. The summed E-state index contributed by atoms with van der Waals surface area (Å²) in [6.45, 7) is 5.93. The first-order valence-electron chi connectivity index (χ1n) is 3.86. The molecule has 2 aliphatic heterocycles. The number of hydrogen-bond acceptors (Lipinski definition) is 1. The summed E-state index contributed by atoms with van der Waals surface area (Å²) in [6.07, 6.45) is 3.68. The van der Waals surface area contributed by atoms with Crippen LogP contribution in [-0.2, 0) is 0 Å². The van der Waals surface area contributed by atoms with Gasteiger partial charge in [0.15, 0.2) is 0 Å². The summed E-state index contributed by atoms with van der Waals surface area (Å²) in [6, 6.07) is 0. The molecule has 1 N–H and O–H groups in total. The summed E-state index contributed by atoms with van der Waals surface area (Å²) in [5.41, 5.74) is 1.65. The number of nitrogens with one attached hydrogen (secondary N) is 1. The molecule has 2 aliphatic rings. The molecule has 1 saturated heterocycles. The van der Waals surface area contributed by atoms with Gasteiger partial charge in [-0.1, -0.05) is 0 Å². The molecule has 10 heavy (non-hydrogen) atoms. The van der Waals surface area contributed by atoms with Crippen molar-refractivity contribution < 1.29 is 0 Å². The van der Waals surface area contributed by atoms with Gasteiger partial charge in [-0.05, 0) is 0 Å². The third kappa shape index (κ3) is 0.891. The zero-order valence-electron chi connectivity index (χ0n) is 6.48. The molecule has 0 amide bonds. The van der Waals surface area contributed by atoms with Crippen LogP contribution in [0.3, 0.4) is 0 Å². The molecule has 0 aromatic rings. The van der Waals surface area contributed by atoms with Gasteiger partial charge < -0.3 is 0 Å². The first-order valence-corrected chi connectivity index (χ1v) is 7.28. The molecular formula is C8H13NPo. The molecular weight excluding hydrogens is 319 g/mol. The average Bonchev–Trinajstić information content (AvgIpc) is 2.53. The van der Waals surface area contributed by atoms with E-state index in [1.807, 2.05) is 0 Å². The molecule has 0 bridgehead atoms. The van der Waals surface area contributed by atoms with Gasteiger partial charge in [0.2, 0.25) is 0 Å². The van der Waals surface area contributed by atoms with E-state index in [9.17, 15) is 0 Å². The van der Waals surface area contributed by atoms with Crippen molar-refractivity contribution in [2.24, 2.45) is 0 Å². The van der Waals surface area contributed by atoms with Gasteiger partial charge in [0, 0.05) is 0 Å². The van der Waals surface area contributed by atoms with Crippen LogP contribution < -0.4 is 5.32 Å². The van der Waals surface area contributed by atoms with Crippen molar-refractivity contribution in [1.82, 2.24) is 5.32 Å². The van der Waals surface area contributed by atoms with Gasteiger partial charge in [0.1, 0.15) is 0 Å². The Morgan fingerprint density at radius 3 is 2.90 bits per heavy atom. The van der Waals surface area contributed by atoms with Crippen molar-refractivity contribution in [1.29, 1.82) is 0 Å². The minimum absolute atomic E-state index is 0.0174. The van der Waals surface area contributed by atoms with Gasteiger partial charge in [0.25, 0.3) is 0 Å². The fourth-order valence-electron chi connectivity index (χ4n) is 1.68. The molecule has 0 aromatic carbocycles. The van der Waals surface area contributed by atoms with Crippen LogP contribution in [0, 0.1) is 0 Å². The Labute approximate surface area is 74.1 Å². The second kappa shape index (κ2) is 2.29. The number of rotatable bonds is 0. The predicted molar refractivity (Wildman–Crippen MR) is 44.3 cm³/mol. The molecule has 2 heterocycles. The van der Waals surface area contributed by atoms with E-state index in [0.29, 0.717) is 3.20 Å². The van der Waals surface area contributed by atoms with Crippen LogP contribution in [0.5, 0.6) is 0 Å². The summed E-state index contributed by atoms with van der Waals surface area (Å²) >= 11 is -0.0174. The van der Waals surface area contributed by atoms with E-state index in [-0.39, 0.29) is 23.6 Å². The second-order valence-electron chi connectivity index (χ2n) is 3.10. The van der Waals surface area contributed by atoms with Gasteiger partial charge in [-0.15, -0.1) is 0 Å². The van der Waals surface area contributed by atoms with Crippen molar-refractivity contribution in [3.8, 4) is 0 Å². The first kappa shape index (κ1) is 7.26. The van der Waals surface area contributed by atoms with E-state index in [4.69, 9.17) is 0 Å². The van der Waals surface area contributed by atoms with Crippen LogP contribution in [0.25, 0.3) is 0 Å². The van der Waals surface area contributed by atoms with Crippen molar-refractivity contribution >= 4 is 23.6 Å². The predicted octanol–water partition coefficient (Wildman–Crippen LogP) is 1.15. The van der Waals surface area contributed by atoms with Crippen LogP contribution in [0.15, 0.2) is 11.6 Å². The van der Waals surface area contributed by atoms with E-state index in [1.165, 1.54) is 13.0 Å². The molecule has 2 rings (SSSR count). The third-order valence-electron chi connectivity index (χ3n) is 2.45. The quantitative estimate of drug-likeness (QED) is 0.657. The molecule has 1 fully saturated rings. The Kier molecular flexibility index (Phi) is 1.66. The second-order valence-corrected chi connectivity index (χ2v) is 9.27. The Hall–Kier alpha value is 0.596. The zero-order chi connectivity index (χ0) is 7.19. The molecule has 2 unspecified atom stereocenters. The Morgan fingerprint density at radius 2 is 2.50 bits per heavy atom. The van der Waals surface area contributed by atoms with E-state index >= 15 is 0 Å². The molecule has 0 aliphatic carbocycles. The Balaban J connectivity index is 2.22. The van der Waals surface area contributed by atoms with Crippen molar-refractivity contribution in [2.45, 2.75) is 27.0 Å². The van der Waals surface area contributed by atoms with Gasteiger partial charge in [0.05, 0.1) is 0 Å². The maximum absolute atomic E-state index is 3.67. The van der Waals surface area contributed by atoms with E-state index < -0.39 is 0 Å². The normalized spacial score (nSPS) is 45.4. The van der Waals surface area contributed by atoms with Gasteiger partial charge >= 0.3 is 74.1 Å². The van der Waals surface area contributed by atoms with E-state index in [1.54, 1.807) is 5.57 Å². The topological polar surface area (TPSA) is 12.0 Å². The van der Waals surface area contributed by atoms with E-state index in [0.717, 1.165) is 3.58 Å². The molecule has 0 aromatic heterocycles. The van der Waals surface area contributed by atoms with Crippen molar-refractivity contribution in [2.75, 3.05) is 6.54 Å². The Bertz CT molecular complexity index is 188. The zero-order valence-corrected chi connectivity index (χ0v) is 9.65. The molecule has 2 atom stereocenters. The molecule has 1 nitrogen and oxygen atoms in total. The van der Waals surface area contributed by atoms with Gasteiger partial charge in [-0.2, -0.15) is 0 Å². The van der Waals surface area contributed by atoms with E-state index in [2.05, 4.69) is 25.2 Å². The standard InChI is InChI=1S/C8H13N.Po/c1-3-8-7(2)5-4-6-9-8;/h3,5,9H,4,6H2,1-2H3;. The van der Waals surface area contributed by atoms with Gasteiger partial charge in [-0.25, -0.2) is 0 Å².